The molecule has 4 aromatic rings. The van der Waals surface area contributed by atoms with Crippen LogP contribution in [0, 0.1) is 0 Å². The lowest BCUT2D eigenvalue weighted by molar-refractivity contribution is 0.0935. The van der Waals surface area contributed by atoms with Crippen LogP contribution in [0.25, 0.3) is 11.0 Å². The average molecular weight is 405 g/mol. The molecule has 2 N–H and O–H groups in total. The van der Waals surface area contributed by atoms with E-state index in [4.69, 9.17) is 0 Å². The third kappa shape index (κ3) is 4.90. The van der Waals surface area contributed by atoms with Gasteiger partial charge in [-0.25, -0.2) is 9.97 Å². The molecule has 0 radical (unpaired) electrons. The van der Waals surface area contributed by atoms with Gasteiger partial charge >= 0.3 is 0 Å². The lowest BCUT2D eigenvalue weighted by Gasteiger charge is -2.13. The molecule has 0 aliphatic heterocycles. The van der Waals surface area contributed by atoms with Gasteiger partial charge in [-0.1, -0.05) is 42.5 Å². The molecule has 0 saturated heterocycles. The van der Waals surface area contributed by atoms with Crippen LogP contribution in [0.15, 0.2) is 60.0 Å². The summed E-state index contributed by atoms with van der Waals surface area (Å²) in [5.74, 6) is 0.909. The second-order valence-electron chi connectivity index (χ2n) is 7.14. The molecule has 148 valence electrons. The molecule has 2 heterocycles. The number of aromatic nitrogens is 3. The van der Waals surface area contributed by atoms with Crippen LogP contribution in [0.4, 0.5) is 0 Å². The van der Waals surface area contributed by atoms with Gasteiger partial charge in [-0.05, 0) is 43.9 Å². The van der Waals surface area contributed by atoms with E-state index in [-0.39, 0.29) is 11.9 Å². The van der Waals surface area contributed by atoms with Crippen LogP contribution in [0.5, 0.6) is 0 Å². The van der Waals surface area contributed by atoms with Crippen molar-refractivity contribution in [3.05, 3.63) is 82.1 Å². The number of aryl methyl sites for hydroxylation is 2. The van der Waals surface area contributed by atoms with Crippen molar-refractivity contribution in [1.29, 1.82) is 0 Å². The van der Waals surface area contributed by atoms with Crippen LogP contribution in [-0.4, -0.2) is 20.9 Å². The first-order valence-electron chi connectivity index (χ1n) is 9.93. The van der Waals surface area contributed by atoms with Crippen molar-refractivity contribution in [3.63, 3.8) is 0 Å². The highest BCUT2D eigenvalue weighted by Crippen LogP contribution is 2.17. The Morgan fingerprint density at radius 3 is 2.62 bits per heavy atom. The van der Waals surface area contributed by atoms with E-state index in [9.17, 15) is 4.79 Å². The van der Waals surface area contributed by atoms with Crippen LogP contribution in [0.2, 0.25) is 0 Å². The molecule has 0 aliphatic carbocycles. The second kappa shape index (κ2) is 9.01. The van der Waals surface area contributed by atoms with Crippen molar-refractivity contribution in [3.8, 4) is 0 Å². The first-order chi connectivity index (χ1) is 14.2. The maximum atomic E-state index is 12.5. The summed E-state index contributed by atoms with van der Waals surface area (Å²) in [6.45, 7) is 1.98. The van der Waals surface area contributed by atoms with Gasteiger partial charge in [-0.2, -0.15) is 0 Å². The number of benzene rings is 2. The van der Waals surface area contributed by atoms with E-state index in [1.807, 2.05) is 66.9 Å². The maximum absolute atomic E-state index is 12.5. The normalized spacial score (nSPS) is 12.2. The van der Waals surface area contributed by atoms with Gasteiger partial charge in [0, 0.05) is 11.8 Å². The summed E-state index contributed by atoms with van der Waals surface area (Å²) in [6, 6.07) is 18.0. The van der Waals surface area contributed by atoms with Gasteiger partial charge in [-0.15, -0.1) is 11.3 Å². The molecular formula is C23H24N4OS. The number of nitrogens with one attached hydrogen (secondary N) is 2. The van der Waals surface area contributed by atoms with Crippen LogP contribution in [0.1, 0.15) is 52.7 Å². The second-order valence-corrected chi connectivity index (χ2v) is 8.08. The monoisotopic (exact) mass is 404 g/mol. The molecule has 1 amide bonds. The summed E-state index contributed by atoms with van der Waals surface area (Å²) in [6.07, 6.45) is 3.85. The highest BCUT2D eigenvalue weighted by molar-refractivity contribution is 7.09. The maximum Gasteiger partial charge on any atom is 0.271 e. The van der Waals surface area contributed by atoms with Gasteiger partial charge in [0.05, 0.1) is 22.1 Å². The van der Waals surface area contributed by atoms with Crippen molar-refractivity contribution in [2.24, 2.45) is 0 Å². The third-order valence-corrected chi connectivity index (χ3v) is 5.83. The van der Waals surface area contributed by atoms with E-state index in [0.29, 0.717) is 5.69 Å². The first kappa shape index (κ1) is 19.3. The molecule has 1 atom stereocenters. The van der Waals surface area contributed by atoms with Crippen molar-refractivity contribution >= 4 is 28.3 Å². The largest absolute Gasteiger partial charge is 0.344 e. The van der Waals surface area contributed by atoms with Gasteiger partial charge in [0.15, 0.2) is 0 Å². The standard InChI is InChI=1S/C23H24N4OS/c1-16(17-9-3-2-4-10-17)24-23(28)20-15-29-22(27-20)14-8-7-13-21-25-18-11-5-6-12-19(18)26-21/h2-6,9-12,15-16H,7-8,13-14H2,1H3,(H,24,28)(H,25,26). The average Bonchev–Trinajstić information content (AvgIpc) is 3.38. The number of hydrogen-bond acceptors (Lipinski definition) is 4. The fourth-order valence-corrected chi connectivity index (χ4v) is 4.14. The molecule has 0 spiro atoms. The number of carbonyl (C=O) groups excluding carboxylic acids is 1. The Labute approximate surface area is 174 Å². The Hall–Kier alpha value is -2.99. The third-order valence-electron chi connectivity index (χ3n) is 4.92. The highest BCUT2D eigenvalue weighted by atomic mass is 32.1. The molecule has 0 bridgehead atoms. The summed E-state index contributed by atoms with van der Waals surface area (Å²) in [4.78, 5) is 25.0. The van der Waals surface area contributed by atoms with Crippen molar-refractivity contribution < 1.29 is 4.79 Å². The number of thiazole rings is 1. The van der Waals surface area contributed by atoms with Crippen molar-refractivity contribution in [1.82, 2.24) is 20.3 Å². The number of unbranched alkanes of at least 4 members (excludes halogenated alkanes) is 1. The molecule has 29 heavy (non-hydrogen) atoms. The molecule has 0 fully saturated rings. The summed E-state index contributed by atoms with van der Waals surface area (Å²) in [5, 5.41) is 5.88. The predicted molar refractivity (Wildman–Crippen MR) is 117 cm³/mol. The molecule has 1 unspecified atom stereocenters. The summed E-state index contributed by atoms with van der Waals surface area (Å²) >= 11 is 1.56. The summed E-state index contributed by atoms with van der Waals surface area (Å²) < 4.78 is 0. The zero-order valence-corrected chi connectivity index (χ0v) is 17.2. The van der Waals surface area contributed by atoms with E-state index < -0.39 is 0 Å². The van der Waals surface area contributed by atoms with Crippen LogP contribution >= 0.6 is 11.3 Å². The smallest absolute Gasteiger partial charge is 0.271 e. The first-order valence-corrected chi connectivity index (χ1v) is 10.8. The Bertz CT molecular complexity index is 1050. The Morgan fingerprint density at radius 1 is 1.03 bits per heavy atom. The summed E-state index contributed by atoms with van der Waals surface area (Å²) in [7, 11) is 0. The highest BCUT2D eigenvalue weighted by Gasteiger charge is 2.14. The predicted octanol–water partition coefficient (Wildman–Crippen LogP) is 5.08. The van der Waals surface area contributed by atoms with E-state index in [1.54, 1.807) is 11.3 Å². The number of nitrogens with zero attached hydrogens (tertiary/aromatic N) is 2. The molecule has 4 rings (SSSR count). The summed E-state index contributed by atoms with van der Waals surface area (Å²) in [5.41, 5.74) is 3.69. The minimum atomic E-state index is -0.119. The number of amides is 1. The van der Waals surface area contributed by atoms with E-state index in [0.717, 1.165) is 53.1 Å². The number of para-hydroxylation sites is 2. The number of hydrogen-bond donors (Lipinski definition) is 2. The van der Waals surface area contributed by atoms with Gasteiger partial charge < -0.3 is 10.3 Å². The molecule has 2 aromatic heterocycles. The van der Waals surface area contributed by atoms with Crippen LogP contribution < -0.4 is 5.32 Å². The van der Waals surface area contributed by atoms with Crippen LogP contribution in [0.3, 0.4) is 0 Å². The molecule has 6 heteroatoms. The van der Waals surface area contributed by atoms with Crippen molar-refractivity contribution in [2.45, 2.75) is 38.6 Å². The van der Waals surface area contributed by atoms with Crippen LogP contribution in [-0.2, 0) is 12.8 Å². The Kier molecular flexibility index (Phi) is 6.00. The molecule has 0 saturated carbocycles. The Morgan fingerprint density at radius 2 is 1.79 bits per heavy atom. The van der Waals surface area contributed by atoms with E-state index in [1.165, 1.54) is 0 Å². The SMILES string of the molecule is CC(NC(=O)c1csc(CCCCc2nc3ccccc3[nH]2)n1)c1ccccc1. The molecule has 0 aliphatic rings. The van der Waals surface area contributed by atoms with Gasteiger partial charge in [-0.3, -0.25) is 4.79 Å². The number of fused-ring (bicyclic) bond motifs is 1. The topological polar surface area (TPSA) is 70.7 Å². The number of aromatic amines is 1. The lowest BCUT2D eigenvalue weighted by atomic mass is 10.1. The fourth-order valence-electron chi connectivity index (χ4n) is 3.32. The molecular weight excluding hydrogens is 380 g/mol. The van der Waals surface area contributed by atoms with Crippen molar-refractivity contribution in [2.75, 3.05) is 0 Å². The molecule has 2 aromatic carbocycles. The van der Waals surface area contributed by atoms with Gasteiger partial charge in [0.25, 0.3) is 5.91 Å². The minimum absolute atomic E-state index is 0.0438. The minimum Gasteiger partial charge on any atom is -0.344 e. The molecule has 5 nitrogen and oxygen atoms in total. The van der Waals surface area contributed by atoms with Gasteiger partial charge in [0.2, 0.25) is 0 Å². The number of imidazole rings is 1. The Balaban J connectivity index is 1.25. The number of H-pyrrole nitrogens is 1. The van der Waals surface area contributed by atoms with E-state index >= 15 is 0 Å². The zero-order valence-electron chi connectivity index (χ0n) is 16.4. The lowest BCUT2D eigenvalue weighted by Crippen LogP contribution is -2.26. The number of carbonyl (C=O) groups is 1. The van der Waals surface area contributed by atoms with E-state index in [2.05, 4.69) is 20.3 Å². The zero-order chi connectivity index (χ0) is 20.1. The number of rotatable bonds is 8. The fraction of sp³-hybridized carbons (Fsp3) is 0.261. The quantitative estimate of drug-likeness (QED) is 0.403. The van der Waals surface area contributed by atoms with Gasteiger partial charge in [0.1, 0.15) is 11.5 Å².